The molecule has 1 saturated heterocycles. The minimum Gasteiger partial charge on any atom is -0.473 e. The number of aromatic nitrogens is 1. The highest BCUT2D eigenvalue weighted by Gasteiger charge is 2.17. The first-order valence-corrected chi connectivity index (χ1v) is 5.43. The molecule has 1 unspecified atom stereocenters. The average Bonchev–Trinajstić information content (AvgIpc) is 2.33. The van der Waals surface area contributed by atoms with Crippen molar-refractivity contribution in [2.75, 3.05) is 13.2 Å². The molecule has 3 nitrogen and oxygen atoms in total. The zero-order valence-electron chi connectivity index (χ0n) is 9.09. The number of pyridine rings is 1. The van der Waals surface area contributed by atoms with Crippen molar-refractivity contribution in [3.05, 3.63) is 23.6 Å². The minimum atomic E-state index is -1.37. The lowest BCUT2D eigenvalue weighted by Gasteiger charge is -2.22. The second kappa shape index (κ2) is 5.35. The molecule has 1 aromatic heterocycles. The molecule has 2 heterocycles. The van der Waals surface area contributed by atoms with Crippen molar-refractivity contribution >= 4 is 0 Å². The van der Waals surface area contributed by atoms with Crippen molar-refractivity contribution < 1.29 is 22.6 Å². The molecule has 1 aliphatic rings. The van der Waals surface area contributed by atoms with Gasteiger partial charge in [0, 0.05) is 12.7 Å². The molecule has 0 radical (unpaired) electrons. The van der Waals surface area contributed by atoms with E-state index in [1.54, 1.807) is 0 Å². The van der Waals surface area contributed by atoms with Crippen LogP contribution in [0.25, 0.3) is 0 Å². The molecule has 0 aliphatic carbocycles. The highest BCUT2D eigenvalue weighted by molar-refractivity contribution is 5.15. The molecule has 6 heteroatoms. The van der Waals surface area contributed by atoms with Crippen LogP contribution in [0.4, 0.5) is 13.2 Å². The summed E-state index contributed by atoms with van der Waals surface area (Å²) < 4.78 is 48.9. The predicted molar refractivity (Wildman–Crippen MR) is 53.2 cm³/mol. The maximum absolute atomic E-state index is 13.1. The standard InChI is InChI=1S/C11H12F3NO2/c12-8-5-9(13)11(15-10(8)14)17-6-7-3-1-2-4-16-7/h5,7H,1-4,6H2. The Morgan fingerprint density at radius 3 is 2.82 bits per heavy atom. The van der Waals surface area contributed by atoms with Gasteiger partial charge in [-0.1, -0.05) is 0 Å². The molecule has 0 bridgehead atoms. The fourth-order valence-electron chi connectivity index (χ4n) is 1.64. The Morgan fingerprint density at radius 1 is 1.29 bits per heavy atom. The number of ether oxygens (including phenoxy) is 2. The summed E-state index contributed by atoms with van der Waals surface area (Å²) in [5, 5.41) is 0. The van der Waals surface area contributed by atoms with Crippen LogP contribution in [0, 0.1) is 17.6 Å². The third-order valence-corrected chi connectivity index (χ3v) is 2.53. The van der Waals surface area contributed by atoms with E-state index in [1.165, 1.54) is 0 Å². The van der Waals surface area contributed by atoms with Crippen molar-refractivity contribution in [2.45, 2.75) is 25.4 Å². The van der Waals surface area contributed by atoms with Crippen LogP contribution < -0.4 is 4.74 Å². The molecule has 0 aromatic carbocycles. The van der Waals surface area contributed by atoms with E-state index in [1.807, 2.05) is 0 Å². The van der Waals surface area contributed by atoms with E-state index >= 15 is 0 Å². The number of halogens is 3. The topological polar surface area (TPSA) is 31.4 Å². The van der Waals surface area contributed by atoms with Gasteiger partial charge in [-0.05, 0) is 19.3 Å². The molecule has 1 aromatic rings. The Bertz CT molecular complexity index is 395. The first kappa shape index (κ1) is 12.2. The molecule has 0 amide bonds. The zero-order chi connectivity index (χ0) is 12.3. The number of hydrogen-bond acceptors (Lipinski definition) is 3. The number of nitrogens with zero attached hydrogens (tertiary/aromatic N) is 1. The molecule has 1 aliphatic heterocycles. The first-order chi connectivity index (χ1) is 8.16. The Kier molecular flexibility index (Phi) is 3.83. The molecule has 2 rings (SSSR count). The summed E-state index contributed by atoms with van der Waals surface area (Å²) >= 11 is 0. The van der Waals surface area contributed by atoms with Crippen molar-refractivity contribution in [1.29, 1.82) is 0 Å². The Hall–Kier alpha value is -1.30. The summed E-state index contributed by atoms with van der Waals surface area (Å²) in [5.74, 6) is -4.24. The summed E-state index contributed by atoms with van der Waals surface area (Å²) in [6.07, 6.45) is 2.68. The third-order valence-electron chi connectivity index (χ3n) is 2.53. The van der Waals surface area contributed by atoms with Gasteiger partial charge in [-0.2, -0.15) is 9.37 Å². The SMILES string of the molecule is Fc1cc(F)c(OCC2CCCCO2)nc1F. The second-order valence-electron chi connectivity index (χ2n) is 3.85. The molecule has 0 spiro atoms. The van der Waals surface area contributed by atoms with Gasteiger partial charge >= 0.3 is 0 Å². The number of rotatable bonds is 3. The van der Waals surface area contributed by atoms with Crippen molar-refractivity contribution in [3.8, 4) is 5.88 Å². The fourth-order valence-corrected chi connectivity index (χ4v) is 1.64. The monoisotopic (exact) mass is 247 g/mol. The van der Waals surface area contributed by atoms with Crippen LogP contribution in [0.15, 0.2) is 6.07 Å². The predicted octanol–water partition coefficient (Wildman–Crippen LogP) is 2.45. The lowest BCUT2D eigenvalue weighted by Crippen LogP contribution is -2.26. The lowest BCUT2D eigenvalue weighted by atomic mass is 10.1. The largest absolute Gasteiger partial charge is 0.473 e. The molecule has 94 valence electrons. The quantitative estimate of drug-likeness (QED) is 0.769. The van der Waals surface area contributed by atoms with E-state index < -0.39 is 23.5 Å². The summed E-state index contributed by atoms with van der Waals surface area (Å²) in [7, 11) is 0. The maximum atomic E-state index is 13.1. The van der Waals surface area contributed by atoms with Crippen LogP contribution in [0.1, 0.15) is 19.3 Å². The van der Waals surface area contributed by atoms with Crippen molar-refractivity contribution in [1.82, 2.24) is 4.98 Å². The van der Waals surface area contributed by atoms with E-state index in [9.17, 15) is 13.2 Å². The van der Waals surface area contributed by atoms with Gasteiger partial charge in [0.2, 0.25) is 0 Å². The van der Waals surface area contributed by atoms with Crippen LogP contribution in [0.3, 0.4) is 0 Å². The number of hydrogen-bond donors (Lipinski definition) is 0. The molecule has 1 atom stereocenters. The molecular weight excluding hydrogens is 235 g/mol. The van der Waals surface area contributed by atoms with Gasteiger partial charge in [0.15, 0.2) is 11.6 Å². The van der Waals surface area contributed by atoms with Crippen LogP contribution in [0.5, 0.6) is 5.88 Å². The summed E-state index contributed by atoms with van der Waals surface area (Å²) in [5.41, 5.74) is 0. The van der Waals surface area contributed by atoms with Crippen molar-refractivity contribution in [3.63, 3.8) is 0 Å². The van der Waals surface area contributed by atoms with Gasteiger partial charge < -0.3 is 9.47 Å². The van der Waals surface area contributed by atoms with Gasteiger partial charge in [-0.25, -0.2) is 8.78 Å². The van der Waals surface area contributed by atoms with Crippen LogP contribution in [-0.4, -0.2) is 24.3 Å². The maximum Gasteiger partial charge on any atom is 0.253 e. The Morgan fingerprint density at radius 2 is 2.12 bits per heavy atom. The van der Waals surface area contributed by atoms with Gasteiger partial charge in [0.25, 0.3) is 11.8 Å². The highest BCUT2D eigenvalue weighted by atomic mass is 19.2. The molecule has 17 heavy (non-hydrogen) atoms. The molecular formula is C11H12F3NO2. The Labute approximate surface area is 96.6 Å². The fraction of sp³-hybridized carbons (Fsp3) is 0.545. The van der Waals surface area contributed by atoms with Gasteiger partial charge in [0.05, 0.1) is 6.10 Å². The Balaban J connectivity index is 1.96. The van der Waals surface area contributed by atoms with Gasteiger partial charge in [-0.15, -0.1) is 0 Å². The smallest absolute Gasteiger partial charge is 0.253 e. The minimum absolute atomic E-state index is 0.0923. The molecule has 0 N–H and O–H groups in total. The summed E-state index contributed by atoms with van der Waals surface area (Å²) in [6.45, 7) is 0.733. The van der Waals surface area contributed by atoms with Crippen LogP contribution in [0.2, 0.25) is 0 Å². The van der Waals surface area contributed by atoms with Gasteiger partial charge in [0.1, 0.15) is 6.61 Å². The lowest BCUT2D eigenvalue weighted by molar-refractivity contribution is -0.0129. The second-order valence-corrected chi connectivity index (χ2v) is 3.85. The third kappa shape index (κ3) is 3.09. The van der Waals surface area contributed by atoms with E-state index in [0.717, 1.165) is 19.3 Å². The van der Waals surface area contributed by atoms with Crippen molar-refractivity contribution in [2.24, 2.45) is 0 Å². The average molecular weight is 247 g/mol. The van der Waals surface area contributed by atoms with E-state index in [0.29, 0.717) is 12.7 Å². The van der Waals surface area contributed by atoms with E-state index in [4.69, 9.17) is 9.47 Å². The summed E-state index contributed by atoms with van der Waals surface area (Å²) in [4.78, 5) is 3.06. The van der Waals surface area contributed by atoms with Gasteiger partial charge in [-0.3, -0.25) is 0 Å². The van der Waals surface area contributed by atoms with Crippen LogP contribution >= 0.6 is 0 Å². The van der Waals surface area contributed by atoms with Crippen LogP contribution in [-0.2, 0) is 4.74 Å². The zero-order valence-corrected chi connectivity index (χ0v) is 9.09. The first-order valence-electron chi connectivity index (χ1n) is 5.43. The van der Waals surface area contributed by atoms with E-state index in [-0.39, 0.29) is 12.7 Å². The normalized spacial score (nSPS) is 20.3. The molecule has 1 fully saturated rings. The molecule has 0 saturated carbocycles. The highest BCUT2D eigenvalue weighted by Crippen LogP contribution is 2.18. The summed E-state index contributed by atoms with van der Waals surface area (Å²) in [6, 6.07) is 0.416. The van der Waals surface area contributed by atoms with E-state index in [2.05, 4.69) is 4.98 Å².